The Kier molecular flexibility index (Phi) is 3.95. The van der Waals surface area contributed by atoms with Crippen molar-refractivity contribution in [1.29, 1.82) is 0 Å². The molecule has 0 aliphatic carbocycles. The van der Waals surface area contributed by atoms with E-state index in [1.165, 1.54) is 6.07 Å². The topological polar surface area (TPSA) is 43.1 Å². The fraction of sp³-hybridized carbons (Fsp3) is 0.188. The van der Waals surface area contributed by atoms with E-state index < -0.39 is 5.82 Å². The Bertz CT molecular complexity index is 607. The number of halogens is 1. The molecular weight excluding hydrogens is 241 g/mol. The predicted octanol–water partition coefficient (Wildman–Crippen LogP) is 3.53. The summed E-state index contributed by atoms with van der Waals surface area (Å²) in [7, 11) is 0. The lowest BCUT2D eigenvalue weighted by Crippen LogP contribution is -2.04. The van der Waals surface area contributed by atoms with Crippen molar-refractivity contribution in [3.8, 4) is 0 Å². The third-order valence-corrected chi connectivity index (χ3v) is 3.01. The zero-order chi connectivity index (χ0) is 13.8. The molecule has 0 atom stereocenters. The Labute approximate surface area is 112 Å². The van der Waals surface area contributed by atoms with Crippen molar-refractivity contribution in [2.45, 2.75) is 19.8 Å². The molecule has 2 nitrogen and oxygen atoms in total. The number of aryl methyl sites for hydroxylation is 2. The lowest BCUT2D eigenvalue weighted by molar-refractivity contribution is 0.0979. The van der Waals surface area contributed by atoms with E-state index in [4.69, 9.17) is 5.73 Å². The van der Waals surface area contributed by atoms with Crippen LogP contribution >= 0.6 is 0 Å². The Morgan fingerprint density at radius 3 is 2.74 bits per heavy atom. The van der Waals surface area contributed by atoms with Gasteiger partial charge in [-0.15, -0.1) is 0 Å². The Morgan fingerprint density at radius 1 is 1.21 bits per heavy atom. The van der Waals surface area contributed by atoms with Crippen molar-refractivity contribution < 1.29 is 9.18 Å². The van der Waals surface area contributed by atoms with Gasteiger partial charge in [-0.05, 0) is 43.2 Å². The van der Waals surface area contributed by atoms with Crippen molar-refractivity contribution in [3.05, 3.63) is 65.0 Å². The molecule has 0 radical (unpaired) electrons. The van der Waals surface area contributed by atoms with Gasteiger partial charge in [-0.25, -0.2) is 4.39 Å². The van der Waals surface area contributed by atoms with Crippen LogP contribution in [0.3, 0.4) is 0 Å². The number of hydrogen-bond donors (Lipinski definition) is 1. The van der Waals surface area contributed by atoms with Gasteiger partial charge in [0.1, 0.15) is 5.82 Å². The second kappa shape index (κ2) is 5.65. The average molecular weight is 257 g/mol. The van der Waals surface area contributed by atoms with E-state index in [-0.39, 0.29) is 17.8 Å². The summed E-state index contributed by atoms with van der Waals surface area (Å²) in [6, 6.07) is 12.0. The molecule has 0 amide bonds. The van der Waals surface area contributed by atoms with E-state index in [1.807, 2.05) is 25.1 Å². The van der Waals surface area contributed by atoms with Crippen molar-refractivity contribution >= 4 is 11.5 Å². The highest BCUT2D eigenvalue weighted by Crippen LogP contribution is 2.15. The lowest BCUT2D eigenvalue weighted by Gasteiger charge is -2.05. The number of carbonyl (C=O) groups excluding carboxylic acids is 1. The number of nitrogen functional groups attached to an aromatic ring is 1. The third-order valence-electron chi connectivity index (χ3n) is 3.01. The van der Waals surface area contributed by atoms with Crippen LogP contribution in [0.5, 0.6) is 0 Å². The minimum Gasteiger partial charge on any atom is -0.399 e. The van der Waals surface area contributed by atoms with E-state index in [9.17, 15) is 9.18 Å². The molecule has 0 saturated carbocycles. The SMILES string of the molecule is Cc1ccc(F)c(C(=O)CCc2cccc(N)c2)c1. The molecule has 2 rings (SSSR count). The maximum Gasteiger partial charge on any atom is 0.166 e. The van der Waals surface area contributed by atoms with Gasteiger partial charge in [0.15, 0.2) is 5.78 Å². The van der Waals surface area contributed by atoms with Crippen LogP contribution in [0.15, 0.2) is 42.5 Å². The van der Waals surface area contributed by atoms with Gasteiger partial charge in [-0.3, -0.25) is 4.79 Å². The summed E-state index contributed by atoms with van der Waals surface area (Å²) in [4.78, 5) is 12.0. The molecule has 19 heavy (non-hydrogen) atoms. The van der Waals surface area contributed by atoms with Crippen LogP contribution in [-0.4, -0.2) is 5.78 Å². The van der Waals surface area contributed by atoms with Gasteiger partial charge in [0.05, 0.1) is 5.56 Å². The van der Waals surface area contributed by atoms with Crippen molar-refractivity contribution in [3.63, 3.8) is 0 Å². The average Bonchev–Trinajstić information content (AvgIpc) is 2.39. The number of hydrogen-bond acceptors (Lipinski definition) is 2. The first-order valence-electron chi connectivity index (χ1n) is 6.20. The molecule has 3 heteroatoms. The maximum absolute atomic E-state index is 13.6. The summed E-state index contributed by atoms with van der Waals surface area (Å²) in [5.41, 5.74) is 8.39. The molecule has 0 spiro atoms. The van der Waals surface area contributed by atoms with Crippen molar-refractivity contribution in [2.75, 3.05) is 5.73 Å². The van der Waals surface area contributed by atoms with Crippen molar-refractivity contribution in [2.24, 2.45) is 0 Å². The minimum atomic E-state index is -0.455. The Hall–Kier alpha value is -2.16. The van der Waals surface area contributed by atoms with Crippen LogP contribution in [0.1, 0.15) is 27.9 Å². The molecule has 0 fully saturated rings. The number of ketones is 1. The lowest BCUT2D eigenvalue weighted by atomic mass is 10.0. The number of anilines is 1. The Morgan fingerprint density at radius 2 is 2.00 bits per heavy atom. The monoisotopic (exact) mass is 257 g/mol. The minimum absolute atomic E-state index is 0.170. The number of carbonyl (C=O) groups is 1. The smallest absolute Gasteiger partial charge is 0.166 e. The summed E-state index contributed by atoms with van der Waals surface area (Å²) in [6.45, 7) is 1.84. The first-order valence-corrected chi connectivity index (χ1v) is 6.20. The third kappa shape index (κ3) is 3.41. The second-order valence-corrected chi connectivity index (χ2v) is 4.65. The molecule has 2 aromatic carbocycles. The van der Waals surface area contributed by atoms with E-state index in [0.717, 1.165) is 11.1 Å². The van der Waals surface area contributed by atoms with Gasteiger partial charge in [-0.1, -0.05) is 23.8 Å². The highest BCUT2D eigenvalue weighted by atomic mass is 19.1. The van der Waals surface area contributed by atoms with Crippen LogP contribution in [0, 0.1) is 12.7 Å². The summed E-state index contributed by atoms with van der Waals surface area (Å²) >= 11 is 0. The highest BCUT2D eigenvalue weighted by molar-refractivity contribution is 5.96. The van der Waals surface area contributed by atoms with Gasteiger partial charge in [-0.2, -0.15) is 0 Å². The molecule has 0 saturated heterocycles. The number of rotatable bonds is 4. The standard InChI is InChI=1S/C16H16FNO/c1-11-5-7-15(17)14(9-11)16(19)8-6-12-3-2-4-13(18)10-12/h2-5,7,9-10H,6,8,18H2,1H3. The van der Waals surface area contributed by atoms with Crippen LogP contribution in [0.4, 0.5) is 10.1 Å². The van der Waals surface area contributed by atoms with Gasteiger partial charge >= 0.3 is 0 Å². The molecule has 2 N–H and O–H groups in total. The van der Waals surface area contributed by atoms with Crippen LogP contribution in [0.2, 0.25) is 0 Å². The second-order valence-electron chi connectivity index (χ2n) is 4.65. The number of benzene rings is 2. The van der Waals surface area contributed by atoms with Crippen LogP contribution in [0.25, 0.3) is 0 Å². The first kappa shape index (κ1) is 13.3. The molecule has 0 bridgehead atoms. The van der Waals surface area contributed by atoms with Gasteiger partial charge < -0.3 is 5.73 Å². The molecule has 2 aromatic rings. The normalized spacial score (nSPS) is 10.4. The fourth-order valence-electron chi connectivity index (χ4n) is 1.99. The fourth-order valence-corrected chi connectivity index (χ4v) is 1.99. The zero-order valence-corrected chi connectivity index (χ0v) is 10.8. The van der Waals surface area contributed by atoms with Crippen molar-refractivity contribution in [1.82, 2.24) is 0 Å². The molecule has 98 valence electrons. The molecule has 0 aromatic heterocycles. The highest BCUT2D eigenvalue weighted by Gasteiger charge is 2.11. The van der Waals surface area contributed by atoms with E-state index in [0.29, 0.717) is 12.1 Å². The quantitative estimate of drug-likeness (QED) is 0.672. The number of Topliss-reactive ketones (excluding diaryl/α,β-unsaturated/α-hetero) is 1. The molecule has 0 aliphatic rings. The summed E-state index contributed by atoms with van der Waals surface area (Å²) in [6.07, 6.45) is 0.848. The van der Waals surface area contributed by atoms with Gasteiger partial charge in [0, 0.05) is 12.1 Å². The maximum atomic E-state index is 13.6. The molecule has 0 heterocycles. The van der Waals surface area contributed by atoms with E-state index >= 15 is 0 Å². The van der Waals surface area contributed by atoms with Gasteiger partial charge in [0.25, 0.3) is 0 Å². The first-order chi connectivity index (χ1) is 9.06. The number of nitrogens with two attached hydrogens (primary N) is 1. The zero-order valence-electron chi connectivity index (χ0n) is 10.8. The summed E-state index contributed by atoms with van der Waals surface area (Å²) in [5, 5.41) is 0. The molecule has 0 aliphatic heterocycles. The summed E-state index contributed by atoms with van der Waals surface area (Å²) in [5.74, 6) is -0.633. The van der Waals surface area contributed by atoms with E-state index in [2.05, 4.69) is 0 Å². The largest absolute Gasteiger partial charge is 0.399 e. The molecular formula is C16H16FNO. The molecule has 0 unspecified atom stereocenters. The van der Waals surface area contributed by atoms with E-state index in [1.54, 1.807) is 18.2 Å². The van der Waals surface area contributed by atoms with Crippen LogP contribution in [-0.2, 0) is 6.42 Å². The predicted molar refractivity (Wildman–Crippen MR) is 74.6 cm³/mol. The van der Waals surface area contributed by atoms with Gasteiger partial charge in [0.2, 0.25) is 0 Å². The van der Waals surface area contributed by atoms with Crippen LogP contribution < -0.4 is 5.73 Å². The summed E-state index contributed by atoms with van der Waals surface area (Å²) < 4.78 is 13.6. The Balaban J connectivity index is 2.07.